The molecule has 1 aliphatic heterocycles. The number of esters is 3. The summed E-state index contributed by atoms with van der Waals surface area (Å²) in [6.07, 6.45) is -7.65. The predicted octanol–water partition coefficient (Wildman–Crippen LogP) is 2.27. The zero-order valence-corrected chi connectivity index (χ0v) is 14.3. The highest BCUT2D eigenvalue weighted by molar-refractivity contribution is 5.87. The van der Waals surface area contributed by atoms with Crippen LogP contribution < -0.4 is 0 Å². The highest BCUT2D eigenvalue weighted by Gasteiger charge is 2.74. The number of alkyl halides is 7. The predicted molar refractivity (Wildman–Crippen MR) is 75.4 cm³/mol. The molecule has 2 saturated carbocycles. The van der Waals surface area contributed by atoms with Crippen LogP contribution in [0.15, 0.2) is 12.7 Å². The van der Waals surface area contributed by atoms with Crippen LogP contribution in [0, 0.1) is 23.7 Å². The lowest BCUT2D eigenvalue weighted by Crippen LogP contribution is -2.54. The molecule has 3 aliphatic rings. The van der Waals surface area contributed by atoms with Gasteiger partial charge in [-0.05, 0) is 6.42 Å². The van der Waals surface area contributed by atoms with E-state index in [1.807, 2.05) is 0 Å². The molecule has 29 heavy (non-hydrogen) atoms. The Labute approximate surface area is 157 Å². The summed E-state index contributed by atoms with van der Waals surface area (Å²) in [6, 6.07) is 0. The molecule has 0 aromatic carbocycles. The van der Waals surface area contributed by atoms with Gasteiger partial charge in [0.25, 0.3) is 0 Å². The number of fused-ring (bicyclic) bond motifs is 1. The Balaban J connectivity index is 1.75. The van der Waals surface area contributed by atoms with Gasteiger partial charge in [0.1, 0.15) is 12.2 Å². The molecule has 0 N–H and O–H groups in total. The van der Waals surface area contributed by atoms with Crippen molar-refractivity contribution in [2.24, 2.45) is 23.7 Å². The molecule has 1 heterocycles. The molecule has 0 amide bonds. The zero-order chi connectivity index (χ0) is 21.9. The summed E-state index contributed by atoms with van der Waals surface area (Å²) in [6.45, 7) is 0.627. The van der Waals surface area contributed by atoms with Crippen LogP contribution >= 0.6 is 0 Å². The van der Waals surface area contributed by atoms with Crippen LogP contribution in [0.1, 0.15) is 6.42 Å². The second-order valence-corrected chi connectivity index (χ2v) is 7.01. The van der Waals surface area contributed by atoms with Crippen molar-refractivity contribution in [2.45, 2.75) is 36.7 Å². The van der Waals surface area contributed by atoms with Crippen LogP contribution in [0.5, 0.6) is 0 Å². The molecular formula is C16H13F7O6. The first kappa shape index (κ1) is 21.4. The maximum absolute atomic E-state index is 13.4. The van der Waals surface area contributed by atoms with E-state index in [2.05, 4.69) is 11.3 Å². The molecule has 0 radical (unpaired) electrons. The van der Waals surface area contributed by atoms with Crippen LogP contribution in [0.4, 0.5) is 30.7 Å². The molecule has 162 valence electrons. The average molecular weight is 434 g/mol. The monoisotopic (exact) mass is 434 g/mol. The van der Waals surface area contributed by atoms with Crippen molar-refractivity contribution < 1.29 is 59.3 Å². The van der Waals surface area contributed by atoms with Crippen molar-refractivity contribution in [3.8, 4) is 0 Å². The van der Waals surface area contributed by atoms with Crippen LogP contribution in [-0.4, -0.2) is 54.7 Å². The molecule has 3 rings (SSSR count). The van der Waals surface area contributed by atoms with Gasteiger partial charge < -0.3 is 14.2 Å². The number of ether oxygens (including phenoxy) is 3. The minimum atomic E-state index is -6.57. The van der Waals surface area contributed by atoms with Crippen molar-refractivity contribution >= 4 is 17.9 Å². The lowest BCUT2D eigenvalue weighted by molar-refractivity contribution is -0.360. The summed E-state index contributed by atoms with van der Waals surface area (Å²) in [7, 11) is 0. The van der Waals surface area contributed by atoms with Crippen LogP contribution in [0.2, 0.25) is 0 Å². The molecule has 13 heteroatoms. The van der Waals surface area contributed by atoms with E-state index in [4.69, 9.17) is 9.47 Å². The smallest absolute Gasteiger partial charge is 0.459 e. The van der Waals surface area contributed by atoms with Gasteiger partial charge in [0, 0.05) is 17.9 Å². The van der Waals surface area contributed by atoms with Gasteiger partial charge in [-0.25, -0.2) is 4.79 Å². The number of hydrogen-bond acceptors (Lipinski definition) is 6. The summed E-state index contributed by atoms with van der Waals surface area (Å²) in [5.41, 5.74) is 0. The van der Waals surface area contributed by atoms with Gasteiger partial charge in [0.2, 0.25) is 0 Å². The maximum Gasteiger partial charge on any atom is 0.460 e. The molecule has 2 bridgehead atoms. The standard InChI is InChI=1S/C16H13F7O6/c1-2-7(24)28-10-5-3-6-9(13(26)29-11(6)10)8(5)12(25)27-4-14(17,18)15(19,20)16(21,22)23/h2,5-6,8-11H,1,3-4H2. The Morgan fingerprint density at radius 3 is 2.31 bits per heavy atom. The third kappa shape index (κ3) is 3.14. The summed E-state index contributed by atoms with van der Waals surface area (Å²) in [5.74, 6) is -19.7. The quantitative estimate of drug-likeness (QED) is 0.276. The lowest BCUT2D eigenvalue weighted by Gasteiger charge is -2.31. The fourth-order valence-electron chi connectivity index (χ4n) is 4.21. The maximum atomic E-state index is 13.4. The van der Waals surface area contributed by atoms with Crippen molar-refractivity contribution in [3.63, 3.8) is 0 Å². The van der Waals surface area contributed by atoms with Crippen LogP contribution in [-0.2, 0) is 28.6 Å². The Bertz CT molecular complexity index is 749. The molecule has 0 aromatic rings. The van der Waals surface area contributed by atoms with E-state index in [1.54, 1.807) is 0 Å². The van der Waals surface area contributed by atoms with Gasteiger partial charge in [0.05, 0.1) is 11.8 Å². The molecule has 0 aromatic heterocycles. The lowest BCUT2D eigenvalue weighted by atomic mass is 9.78. The number of halogens is 7. The Morgan fingerprint density at radius 2 is 1.76 bits per heavy atom. The average Bonchev–Trinajstić information content (AvgIpc) is 3.22. The summed E-state index contributed by atoms with van der Waals surface area (Å²) in [4.78, 5) is 35.7. The van der Waals surface area contributed by atoms with E-state index in [9.17, 15) is 45.1 Å². The first-order chi connectivity index (χ1) is 13.2. The normalized spacial score (nSPS) is 33.4. The number of carbonyl (C=O) groups excluding carboxylic acids is 3. The van der Waals surface area contributed by atoms with E-state index < -0.39 is 78.4 Å². The minimum Gasteiger partial charge on any atom is -0.459 e. The first-order valence-electron chi connectivity index (χ1n) is 8.25. The molecule has 2 aliphatic carbocycles. The van der Waals surface area contributed by atoms with Crippen LogP contribution in [0.3, 0.4) is 0 Å². The molecular weight excluding hydrogens is 421 g/mol. The van der Waals surface area contributed by atoms with Gasteiger partial charge in [-0.3, -0.25) is 9.59 Å². The topological polar surface area (TPSA) is 78.9 Å². The summed E-state index contributed by atoms with van der Waals surface area (Å²) in [5, 5.41) is 0. The van der Waals surface area contributed by atoms with Gasteiger partial charge in [-0.15, -0.1) is 0 Å². The molecule has 1 saturated heterocycles. The van der Waals surface area contributed by atoms with Gasteiger partial charge in [0.15, 0.2) is 6.61 Å². The van der Waals surface area contributed by atoms with Crippen molar-refractivity contribution in [2.75, 3.05) is 6.61 Å². The molecule has 0 spiro atoms. The summed E-state index contributed by atoms with van der Waals surface area (Å²) < 4.78 is 103. The van der Waals surface area contributed by atoms with Crippen molar-refractivity contribution in [1.29, 1.82) is 0 Å². The first-order valence-corrected chi connectivity index (χ1v) is 8.25. The Morgan fingerprint density at radius 1 is 1.14 bits per heavy atom. The number of carbonyl (C=O) groups is 3. The Kier molecular flexibility index (Phi) is 4.86. The Hall–Kier alpha value is -2.34. The molecule has 3 fully saturated rings. The zero-order valence-electron chi connectivity index (χ0n) is 14.3. The van der Waals surface area contributed by atoms with E-state index in [-0.39, 0.29) is 6.42 Å². The second-order valence-electron chi connectivity index (χ2n) is 7.01. The number of rotatable bonds is 6. The molecule has 6 unspecified atom stereocenters. The van der Waals surface area contributed by atoms with E-state index >= 15 is 0 Å². The third-order valence-corrected chi connectivity index (χ3v) is 5.45. The van der Waals surface area contributed by atoms with Gasteiger partial charge in [-0.1, -0.05) is 6.58 Å². The SMILES string of the molecule is C=CC(=O)OC1C2CC3C1OC(=O)C3C2C(=O)OCC(F)(F)C(F)(F)C(F)(F)F. The second kappa shape index (κ2) is 6.59. The third-order valence-electron chi connectivity index (χ3n) is 5.45. The van der Waals surface area contributed by atoms with Gasteiger partial charge >= 0.3 is 35.9 Å². The highest BCUT2D eigenvalue weighted by Crippen LogP contribution is 2.59. The van der Waals surface area contributed by atoms with Crippen LogP contribution in [0.25, 0.3) is 0 Å². The van der Waals surface area contributed by atoms with E-state index in [0.29, 0.717) is 0 Å². The van der Waals surface area contributed by atoms with Crippen molar-refractivity contribution in [1.82, 2.24) is 0 Å². The fourth-order valence-corrected chi connectivity index (χ4v) is 4.21. The summed E-state index contributed by atoms with van der Waals surface area (Å²) >= 11 is 0. The van der Waals surface area contributed by atoms with E-state index in [1.165, 1.54) is 0 Å². The highest BCUT2D eigenvalue weighted by atomic mass is 19.4. The molecule has 6 atom stereocenters. The van der Waals surface area contributed by atoms with E-state index in [0.717, 1.165) is 6.08 Å². The molecule has 6 nitrogen and oxygen atoms in total. The van der Waals surface area contributed by atoms with Gasteiger partial charge in [-0.2, -0.15) is 30.7 Å². The number of hydrogen-bond donors (Lipinski definition) is 0. The fraction of sp³-hybridized carbons (Fsp3) is 0.688. The van der Waals surface area contributed by atoms with Crippen molar-refractivity contribution in [3.05, 3.63) is 12.7 Å². The largest absolute Gasteiger partial charge is 0.460 e. The minimum absolute atomic E-state index is 0.116.